The summed E-state index contributed by atoms with van der Waals surface area (Å²) >= 11 is 1.42. The van der Waals surface area contributed by atoms with Crippen molar-refractivity contribution in [1.29, 1.82) is 0 Å². The average molecular weight is 385 g/mol. The number of thiazole rings is 1. The van der Waals surface area contributed by atoms with Crippen LogP contribution in [0.15, 0.2) is 52.5 Å². The molecule has 3 rings (SSSR count). The van der Waals surface area contributed by atoms with Crippen LogP contribution in [0.3, 0.4) is 0 Å². The molecule has 1 aromatic carbocycles. The predicted octanol–water partition coefficient (Wildman–Crippen LogP) is 3.65. The fourth-order valence-electron chi connectivity index (χ4n) is 2.20. The zero-order valence-corrected chi connectivity index (χ0v) is 15.7. The first-order valence-corrected chi connectivity index (χ1v) is 9.18. The van der Waals surface area contributed by atoms with Gasteiger partial charge in [-0.25, -0.2) is 9.78 Å². The Labute approximate surface area is 160 Å². The Balaban J connectivity index is 1.48. The van der Waals surface area contributed by atoms with E-state index >= 15 is 0 Å². The van der Waals surface area contributed by atoms with Crippen LogP contribution in [0.5, 0.6) is 0 Å². The van der Waals surface area contributed by atoms with Crippen LogP contribution in [-0.4, -0.2) is 22.9 Å². The number of aromatic nitrogens is 1. The molecule has 140 valence electrons. The highest BCUT2D eigenvalue weighted by Crippen LogP contribution is 2.21. The van der Waals surface area contributed by atoms with Gasteiger partial charge in [-0.15, -0.1) is 11.3 Å². The first-order valence-electron chi connectivity index (χ1n) is 8.30. The third-order valence-electron chi connectivity index (χ3n) is 3.66. The van der Waals surface area contributed by atoms with Gasteiger partial charge < -0.3 is 19.8 Å². The summed E-state index contributed by atoms with van der Waals surface area (Å²) in [7, 11) is 0. The number of hydrogen-bond acceptors (Lipinski definition) is 7. The van der Waals surface area contributed by atoms with Gasteiger partial charge in [0, 0.05) is 11.1 Å². The van der Waals surface area contributed by atoms with Crippen molar-refractivity contribution in [3.63, 3.8) is 0 Å². The van der Waals surface area contributed by atoms with Gasteiger partial charge in [0.05, 0.1) is 12.0 Å². The van der Waals surface area contributed by atoms with E-state index in [9.17, 15) is 9.59 Å². The number of furan rings is 1. The zero-order chi connectivity index (χ0) is 19.2. The molecule has 0 radical (unpaired) electrons. The molecule has 3 aromatic rings. The second kappa shape index (κ2) is 8.50. The Morgan fingerprint density at radius 3 is 2.74 bits per heavy atom. The van der Waals surface area contributed by atoms with E-state index in [0.717, 1.165) is 5.69 Å². The topological polar surface area (TPSA) is 93.5 Å². The average Bonchev–Trinajstić information content (AvgIpc) is 3.33. The Kier molecular flexibility index (Phi) is 5.87. The van der Waals surface area contributed by atoms with Crippen LogP contribution in [0.2, 0.25) is 0 Å². The quantitative estimate of drug-likeness (QED) is 0.603. The van der Waals surface area contributed by atoms with Crippen molar-refractivity contribution in [1.82, 2.24) is 10.3 Å². The first-order chi connectivity index (χ1) is 13.0. The molecule has 0 spiro atoms. The summed E-state index contributed by atoms with van der Waals surface area (Å²) in [6, 6.07) is 10.3. The van der Waals surface area contributed by atoms with Crippen molar-refractivity contribution in [3.8, 4) is 0 Å². The van der Waals surface area contributed by atoms with Gasteiger partial charge >= 0.3 is 5.97 Å². The molecule has 27 heavy (non-hydrogen) atoms. The molecule has 2 heterocycles. The molecule has 1 atom stereocenters. The number of ether oxygens (including phenoxy) is 1. The van der Waals surface area contributed by atoms with Gasteiger partial charge in [0.15, 0.2) is 10.9 Å². The van der Waals surface area contributed by atoms with Crippen LogP contribution in [0.4, 0.5) is 10.8 Å². The lowest BCUT2D eigenvalue weighted by molar-refractivity contribution is -0.146. The van der Waals surface area contributed by atoms with E-state index in [0.29, 0.717) is 10.8 Å². The number of hydrogen-bond donors (Lipinski definition) is 2. The lowest BCUT2D eigenvalue weighted by atomic mass is 10.2. The van der Waals surface area contributed by atoms with Gasteiger partial charge in [-0.1, -0.05) is 17.7 Å². The molecule has 1 amide bonds. The number of carbonyl (C=O) groups is 2. The molecule has 2 aromatic heterocycles. The molecule has 0 aliphatic carbocycles. The van der Waals surface area contributed by atoms with E-state index in [1.165, 1.54) is 29.2 Å². The third kappa shape index (κ3) is 5.18. The molecule has 0 bridgehead atoms. The number of rotatable bonds is 7. The van der Waals surface area contributed by atoms with Crippen LogP contribution in [0.1, 0.15) is 28.7 Å². The lowest BCUT2D eigenvalue weighted by Gasteiger charge is -2.11. The zero-order valence-electron chi connectivity index (χ0n) is 14.9. The monoisotopic (exact) mass is 385 g/mol. The van der Waals surface area contributed by atoms with Crippen LogP contribution in [0, 0.1) is 6.92 Å². The minimum absolute atomic E-state index is 0.0336. The predicted molar refractivity (Wildman–Crippen MR) is 102 cm³/mol. The number of nitrogens with one attached hydrogen (secondary N) is 2. The van der Waals surface area contributed by atoms with Gasteiger partial charge in [-0.3, -0.25) is 4.79 Å². The van der Waals surface area contributed by atoms with Crippen LogP contribution >= 0.6 is 11.3 Å². The number of amides is 1. The summed E-state index contributed by atoms with van der Waals surface area (Å²) in [5, 5.41) is 8.25. The highest BCUT2D eigenvalue weighted by atomic mass is 32.1. The van der Waals surface area contributed by atoms with Crippen molar-refractivity contribution in [2.45, 2.75) is 26.5 Å². The minimum atomic E-state index is -0.800. The molecule has 7 nitrogen and oxygen atoms in total. The molecular formula is C19H19N3O4S. The molecule has 0 fully saturated rings. The maximum absolute atomic E-state index is 12.0. The maximum atomic E-state index is 12.0. The highest BCUT2D eigenvalue weighted by Gasteiger charge is 2.19. The highest BCUT2D eigenvalue weighted by molar-refractivity contribution is 7.13. The van der Waals surface area contributed by atoms with Crippen molar-refractivity contribution in [3.05, 3.63) is 65.1 Å². The fraction of sp³-hybridized carbons (Fsp3) is 0.211. The van der Waals surface area contributed by atoms with Gasteiger partial charge in [-0.05, 0) is 38.1 Å². The third-order valence-corrected chi connectivity index (χ3v) is 4.47. The first kappa shape index (κ1) is 18.7. The van der Waals surface area contributed by atoms with Crippen LogP contribution in [0.25, 0.3) is 0 Å². The summed E-state index contributed by atoms with van der Waals surface area (Å²) in [4.78, 5) is 28.3. The molecule has 0 saturated heterocycles. The van der Waals surface area contributed by atoms with E-state index in [4.69, 9.17) is 9.15 Å². The minimum Gasteiger partial charge on any atom is -0.459 e. The number of anilines is 2. The van der Waals surface area contributed by atoms with Crippen molar-refractivity contribution >= 4 is 34.0 Å². The number of benzene rings is 1. The normalized spacial score (nSPS) is 11.6. The van der Waals surface area contributed by atoms with E-state index in [2.05, 4.69) is 15.6 Å². The largest absolute Gasteiger partial charge is 0.459 e. The summed E-state index contributed by atoms with van der Waals surface area (Å²) in [5.74, 6) is -0.875. The van der Waals surface area contributed by atoms with E-state index in [1.54, 1.807) is 13.0 Å². The number of nitrogens with zero attached hydrogens (tertiary/aromatic N) is 1. The molecule has 8 heteroatoms. The van der Waals surface area contributed by atoms with Crippen LogP contribution in [-0.2, 0) is 16.1 Å². The Hall–Kier alpha value is -3.13. The molecule has 2 N–H and O–H groups in total. The van der Waals surface area contributed by atoms with Crippen molar-refractivity contribution in [2.24, 2.45) is 0 Å². The molecule has 0 saturated carbocycles. The van der Waals surface area contributed by atoms with Gasteiger partial charge in [0.1, 0.15) is 12.6 Å². The SMILES string of the molecule is Cc1ccc(Nc2nc(COC(=O)[C@H](C)NC(=O)c3ccco3)cs2)cc1. The molecule has 0 aliphatic rings. The Bertz CT molecular complexity index is 903. The molecule has 0 unspecified atom stereocenters. The van der Waals surface area contributed by atoms with Crippen molar-refractivity contribution < 1.29 is 18.7 Å². The maximum Gasteiger partial charge on any atom is 0.328 e. The van der Waals surface area contributed by atoms with Crippen LogP contribution < -0.4 is 10.6 Å². The van der Waals surface area contributed by atoms with Gasteiger partial charge in [0.2, 0.25) is 0 Å². The fourth-order valence-corrected chi connectivity index (χ4v) is 2.91. The number of esters is 1. The number of aryl methyl sites for hydroxylation is 1. The van der Waals surface area contributed by atoms with E-state index in [-0.39, 0.29) is 12.4 Å². The molecule has 0 aliphatic heterocycles. The van der Waals surface area contributed by atoms with E-state index in [1.807, 2.05) is 36.6 Å². The Morgan fingerprint density at radius 2 is 2.04 bits per heavy atom. The number of carbonyl (C=O) groups excluding carboxylic acids is 2. The second-order valence-corrected chi connectivity index (χ2v) is 6.77. The standard InChI is InChI=1S/C19H19N3O4S/c1-12-5-7-14(8-6-12)21-19-22-15(11-27-19)10-26-18(24)13(2)20-17(23)16-4-3-9-25-16/h3-9,11,13H,10H2,1-2H3,(H,20,23)(H,21,22)/t13-/m0/s1. The Morgan fingerprint density at radius 1 is 1.26 bits per heavy atom. The lowest BCUT2D eigenvalue weighted by Crippen LogP contribution is -2.39. The molecular weight excluding hydrogens is 366 g/mol. The smallest absolute Gasteiger partial charge is 0.328 e. The summed E-state index contributed by atoms with van der Waals surface area (Å²) < 4.78 is 10.2. The van der Waals surface area contributed by atoms with Crippen molar-refractivity contribution in [2.75, 3.05) is 5.32 Å². The van der Waals surface area contributed by atoms with Gasteiger partial charge in [-0.2, -0.15) is 0 Å². The summed E-state index contributed by atoms with van der Waals surface area (Å²) in [6.45, 7) is 3.61. The summed E-state index contributed by atoms with van der Waals surface area (Å²) in [6.07, 6.45) is 1.39. The second-order valence-electron chi connectivity index (χ2n) is 5.92. The summed E-state index contributed by atoms with van der Waals surface area (Å²) in [5.41, 5.74) is 2.75. The van der Waals surface area contributed by atoms with E-state index < -0.39 is 17.9 Å². The van der Waals surface area contributed by atoms with Gasteiger partial charge in [0.25, 0.3) is 5.91 Å².